The minimum atomic E-state index is -0.266. The third kappa shape index (κ3) is 2.69. The van der Waals surface area contributed by atoms with Gasteiger partial charge in [0.05, 0.1) is 6.10 Å². The first kappa shape index (κ1) is 15.6. The van der Waals surface area contributed by atoms with E-state index in [1.807, 2.05) is 35.2 Å². The Balaban J connectivity index is 1.65. The number of aliphatic hydroxyl groups excluding tert-OH is 1. The van der Waals surface area contributed by atoms with Crippen LogP contribution in [-0.4, -0.2) is 39.6 Å². The van der Waals surface area contributed by atoms with E-state index in [0.29, 0.717) is 5.69 Å². The molecule has 1 saturated carbocycles. The Hall–Kier alpha value is -1.94. The summed E-state index contributed by atoms with van der Waals surface area (Å²) in [4.78, 5) is 19.6. The van der Waals surface area contributed by atoms with Crippen LogP contribution in [0.15, 0.2) is 36.5 Å². The van der Waals surface area contributed by atoms with Gasteiger partial charge in [0.2, 0.25) is 0 Å². The number of hydrogen-bond acceptors (Lipinski definition) is 3. The summed E-state index contributed by atoms with van der Waals surface area (Å²) in [6.07, 6.45) is 7.63. The van der Waals surface area contributed by atoms with Crippen molar-refractivity contribution in [2.45, 2.75) is 50.7 Å². The molecule has 1 aliphatic carbocycles. The summed E-state index contributed by atoms with van der Waals surface area (Å²) < 4.78 is 0. The smallest absolute Gasteiger partial charge is 0.273 e. The van der Waals surface area contributed by atoms with E-state index in [0.717, 1.165) is 55.8 Å². The van der Waals surface area contributed by atoms with Crippen molar-refractivity contribution in [2.24, 2.45) is 5.92 Å². The summed E-state index contributed by atoms with van der Waals surface area (Å²) in [6, 6.07) is 10.0. The molecule has 0 unspecified atom stereocenters. The number of fused-ring (bicyclic) bond motifs is 1. The molecule has 126 valence electrons. The third-order valence-corrected chi connectivity index (χ3v) is 5.71. The lowest BCUT2D eigenvalue weighted by molar-refractivity contribution is 0.0210. The van der Waals surface area contributed by atoms with Crippen LogP contribution in [0.4, 0.5) is 0 Å². The van der Waals surface area contributed by atoms with Crippen molar-refractivity contribution in [3.8, 4) is 0 Å². The fourth-order valence-corrected chi connectivity index (χ4v) is 4.50. The van der Waals surface area contributed by atoms with Gasteiger partial charge in [-0.15, -0.1) is 0 Å². The maximum atomic E-state index is 13.2. The number of carbonyl (C=O) groups is 1. The van der Waals surface area contributed by atoms with E-state index in [1.54, 1.807) is 6.20 Å². The average Bonchev–Trinajstić information content (AvgIpc) is 3.10. The van der Waals surface area contributed by atoms with E-state index >= 15 is 0 Å². The second-order valence-corrected chi connectivity index (χ2v) is 7.10. The van der Waals surface area contributed by atoms with Crippen LogP contribution in [0.3, 0.4) is 0 Å². The second-order valence-electron chi connectivity index (χ2n) is 7.10. The minimum absolute atomic E-state index is 0.0204. The van der Waals surface area contributed by atoms with Crippen LogP contribution in [0.1, 0.15) is 49.0 Å². The number of nitrogens with zero attached hydrogens (tertiary/aromatic N) is 2. The van der Waals surface area contributed by atoms with E-state index in [4.69, 9.17) is 0 Å². The highest BCUT2D eigenvalue weighted by Gasteiger charge is 2.39. The van der Waals surface area contributed by atoms with E-state index in [9.17, 15) is 9.90 Å². The Labute approximate surface area is 142 Å². The Bertz CT molecular complexity index is 740. The monoisotopic (exact) mass is 324 g/mol. The molecule has 1 aromatic carbocycles. The molecule has 1 saturated heterocycles. The lowest BCUT2D eigenvalue weighted by atomic mass is 9.80. The normalized spacial score (nSPS) is 27.5. The van der Waals surface area contributed by atoms with E-state index in [1.165, 1.54) is 0 Å². The van der Waals surface area contributed by atoms with Crippen LogP contribution in [0.25, 0.3) is 10.8 Å². The maximum Gasteiger partial charge on any atom is 0.273 e. The van der Waals surface area contributed by atoms with E-state index in [2.05, 4.69) is 4.98 Å². The van der Waals surface area contributed by atoms with Crippen molar-refractivity contribution in [3.05, 3.63) is 42.2 Å². The molecule has 0 radical (unpaired) electrons. The number of rotatable bonds is 2. The van der Waals surface area contributed by atoms with Crippen molar-refractivity contribution in [1.29, 1.82) is 0 Å². The highest BCUT2D eigenvalue weighted by molar-refractivity contribution is 6.05. The molecule has 0 spiro atoms. The van der Waals surface area contributed by atoms with Crippen molar-refractivity contribution in [3.63, 3.8) is 0 Å². The predicted octanol–water partition coefficient (Wildman–Crippen LogP) is 3.39. The molecule has 1 aliphatic heterocycles. The number of pyridine rings is 1. The van der Waals surface area contributed by atoms with Crippen LogP contribution in [-0.2, 0) is 0 Å². The number of benzene rings is 1. The SMILES string of the molecule is O=C(c1nccc2ccccc12)N1CCC[C@@H]1[C@@H]1CCCC[C@H]1O. The zero-order valence-electron chi connectivity index (χ0n) is 13.9. The van der Waals surface area contributed by atoms with Gasteiger partial charge in [-0.3, -0.25) is 9.78 Å². The zero-order valence-corrected chi connectivity index (χ0v) is 13.9. The molecule has 2 aromatic rings. The third-order valence-electron chi connectivity index (χ3n) is 5.71. The Morgan fingerprint density at radius 1 is 1.08 bits per heavy atom. The van der Waals surface area contributed by atoms with Gasteiger partial charge in [0.1, 0.15) is 5.69 Å². The van der Waals surface area contributed by atoms with Gasteiger partial charge in [-0.25, -0.2) is 0 Å². The largest absolute Gasteiger partial charge is 0.393 e. The highest BCUT2D eigenvalue weighted by Crippen LogP contribution is 2.35. The first-order valence-electron chi connectivity index (χ1n) is 9.08. The fourth-order valence-electron chi connectivity index (χ4n) is 4.50. The topological polar surface area (TPSA) is 53.4 Å². The van der Waals surface area contributed by atoms with Gasteiger partial charge in [0, 0.05) is 30.1 Å². The summed E-state index contributed by atoms with van der Waals surface area (Å²) in [5.41, 5.74) is 0.547. The summed E-state index contributed by atoms with van der Waals surface area (Å²) in [5.74, 6) is 0.243. The highest BCUT2D eigenvalue weighted by atomic mass is 16.3. The summed E-state index contributed by atoms with van der Waals surface area (Å²) in [7, 11) is 0. The van der Waals surface area contributed by atoms with Crippen LogP contribution in [0, 0.1) is 5.92 Å². The molecule has 4 nitrogen and oxygen atoms in total. The summed E-state index contributed by atoms with van der Waals surface area (Å²) in [6.45, 7) is 0.775. The van der Waals surface area contributed by atoms with Gasteiger partial charge < -0.3 is 10.0 Å². The molecule has 1 aromatic heterocycles. The molecule has 1 amide bonds. The number of aliphatic hydroxyl groups is 1. The molecule has 4 heteroatoms. The molecule has 3 atom stereocenters. The van der Waals surface area contributed by atoms with Crippen LogP contribution in [0.5, 0.6) is 0 Å². The minimum Gasteiger partial charge on any atom is -0.393 e. The molecule has 2 heterocycles. The Morgan fingerprint density at radius 2 is 1.92 bits per heavy atom. The number of hydrogen-bond donors (Lipinski definition) is 1. The van der Waals surface area contributed by atoms with E-state index < -0.39 is 0 Å². The predicted molar refractivity (Wildman–Crippen MR) is 93.8 cm³/mol. The molecular formula is C20H24N2O2. The molecule has 24 heavy (non-hydrogen) atoms. The molecule has 4 rings (SSSR count). The van der Waals surface area contributed by atoms with Crippen molar-refractivity contribution < 1.29 is 9.90 Å². The lowest BCUT2D eigenvalue weighted by Gasteiger charge is -2.37. The summed E-state index contributed by atoms with van der Waals surface area (Å²) in [5, 5.41) is 12.4. The van der Waals surface area contributed by atoms with Gasteiger partial charge >= 0.3 is 0 Å². The van der Waals surface area contributed by atoms with Gasteiger partial charge in [0.15, 0.2) is 0 Å². The van der Waals surface area contributed by atoms with Crippen LogP contribution >= 0.6 is 0 Å². The number of likely N-dealkylation sites (tertiary alicyclic amines) is 1. The second kappa shape index (κ2) is 6.52. The first-order valence-corrected chi connectivity index (χ1v) is 9.08. The lowest BCUT2D eigenvalue weighted by Crippen LogP contribution is -2.45. The molecular weight excluding hydrogens is 300 g/mol. The Kier molecular flexibility index (Phi) is 4.23. The number of amides is 1. The molecule has 2 fully saturated rings. The van der Waals surface area contributed by atoms with Gasteiger partial charge in [-0.05, 0) is 37.1 Å². The molecule has 1 N–H and O–H groups in total. The van der Waals surface area contributed by atoms with Gasteiger partial charge in [-0.1, -0.05) is 37.1 Å². The summed E-state index contributed by atoms with van der Waals surface area (Å²) >= 11 is 0. The standard InChI is InChI=1S/C20H24N2O2/c23-18-10-4-3-8-16(18)17-9-5-13-22(17)20(24)19-15-7-2-1-6-14(15)11-12-21-19/h1-2,6-7,11-12,16-18,23H,3-5,8-10,13H2/t16-,17+,18+/m0/s1. The van der Waals surface area contributed by atoms with Crippen LogP contribution < -0.4 is 0 Å². The van der Waals surface area contributed by atoms with E-state index in [-0.39, 0.29) is 24.0 Å². The average molecular weight is 324 g/mol. The van der Waals surface area contributed by atoms with Crippen molar-refractivity contribution in [1.82, 2.24) is 9.88 Å². The Morgan fingerprint density at radius 3 is 2.79 bits per heavy atom. The number of aromatic nitrogens is 1. The molecule has 2 aliphatic rings. The quantitative estimate of drug-likeness (QED) is 0.921. The maximum absolute atomic E-state index is 13.2. The zero-order chi connectivity index (χ0) is 16.5. The van der Waals surface area contributed by atoms with Crippen molar-refractivity contribution >= 4 is 16.7 Å². The first-order chi connectivity index (χ1) is 11.8. The van der Waals surface area contributed by atoms with Gasteiger partial charge in [0.25, 0.3) is 5.91 Å². The number of carbonyl (C=O) groups excluding carboxylic acids is 1. The van der Waals surface area contributed by atoms with Crippen LogP contribution in [0.2, 0.25) is 0 Å². The van der Waals surface area contributed by atoms with Gasteiger partial charge in [-0.2, -0.15) is 0 Å². The fraction of sp³-hybridized carbons (Fsp3) is 0.500. The molecule has 0 bridgehead atoms. The van der Waals surface area contributed by atoms with Crippen molar-refractivity contribution in [2.75, 3.05) is 6.54 Å².